The van der Waals surface area contributed by atoms with Gasteiger partial charge in [0.05, 0.1) is 10.6 Å². The van der Waals surface area contributed by atoms with E-state index < -0.39 is 22.5 Å². The number of nitrogens with zero attached hydrogens (tertiary/aromatic N) is 1. The van der Waals surface area contributed by atoms with E-state index in [1.165, 1.54) is 46.1 Å². The van der Waals surface area contributed by atoms with Gasteiger partial charge in [-0.25, -0.2) is 12.7 Å². The number of ether oxygens (including phenoxy) is 1. The number of sulfonamides is 1. The van der Waals surface area contributed by atoms with Crippen LogP contribution in [0, 0.1) is 13.8 Å². The average molecular weight is 462 g/mol. The standard InChI is InChI=1S/C22H27N3O6S/c1-13-9-18(32(29,30)25(5)6)11-20(14(13)2)24-22(28)12-31-21-10-17(15(3)26)7-8-19(21)23-16(4)27/h7-11H,12H2,1-6H3,(H,23,27)(H,24,28). The Labute approximate surface area is 187 Å². The molecule has 0 atom stereocenters. The van der Waals surface area contributed by atoms with Crippen molar-refractivity contribution in [3.8, 4) is 5.75 Å². The molecule has 0 heterocycles. The van der Waals surface area contributed by atoms with E-state index in [2.05, 4.69) is 10.6 Å². The number of hydrogen-bond acceptors (Lipinski definition) is 6. The lowest BCUT2D eigenvalue weighted by Crippen LogP contribution is -2.24. The van der Waals surface area contributed by atoms with Crippen LogP contribution >= 0.6 is 0 Å². The Balaban J connectivity index is 2.25. The molecular weight excluding hydrogens is 434 g/mol. The van der Waals surface area contributed by atoms with Crippen LogP contribution in [0.4, 0.5) is 11.4 Å². The van der Waals surface area contributed by atoms with Crippen LogP contribution in [0.2, 0.25) is 0 Å². The highest BCUT2D eigenvalue weighted by Gasteiger charge is 2.20. The number of ketones is 1. The van der Waals surface area contributed by atoms with Gasteiger partial charge in [0.15, 0.2) is 12.4 Å². The molecule has 2 rings (SSSR count). The summed E-state index contributed by atoms with van der Waals surface area (Å²) in [6.45, 7) is 5.82. The van der Waals surface area contributed by atoms with E-state index in [0.29, 0.717) is 28.1 Å². The van der Waals surface area contributed by atoms with E-state index in [-0.39, 0.29) is 22.3 Å². The van der Waals surface area contributed by atoms with Crippen molar-refractivity contribution in [1.29, 1.82) is 0 Å². The molecule has 2 aromatic rings. The Hall–Kier alpha value is -3.24. The molecule has 2 aromatic carbocycles. The zero-order valence-electron chi connectivity index (χ0n) is 18.9. The zero-order valence-corrected chi connectivity index (χ0v) is 19.7. The fourth-order valence-corrected chi connectivity index (χ4v) is 3.81. The summed E-state index contributed by atoms with van der Waals surface area (Å²) >= 11 is 0. The number of aryl methyl sites for hydroxylation is 1. The minimum atomic E-state index is -3.68. The summed E-state index contributed by atoms with van der Waals surface area (Å²) in [6, 6.07) is 7.46. The van der Waals surface area contributed by atoms with Gasteiger partial charge in [0.1, 0.15) is 5.75 Å². The third-order valence-corrected chi connectivity index (χ3v) is 6.54. The number of hydrogen-bond donors (Lipinski definition) is 2. The molecule has 10 heteroatoms. The maximum Gasteiger partial charge on any atom is 0.262 e. The lowest BCUT2D eigenvalue weighted by Gasteiger charge is -2.17. The van der Waals surface area contributed by atoms with Crippen LogP contribution in [-0.2, 0) is 19.6 Å². The van der Waals surface area contributed by atoms with E-state index >= 15 is 0 Å². The summed E-state index contributed by atoms with van der Waals surface area (Å²) in [5, 5.41) is 5.26. The smallest absolute Gasteiger partial charge is 0.262 e. The van der Waals surface area contributed by atoms with Crippen molar-refractivity contribution in [3.05, 3.63) is 47.0 Å². The van der Waals surface area contributed by atoms with Gasteiger partial charge < -0.3 is 15.4 Å². The van der Waals surface area contributed by atoms with Crippen molar-refractivity contribution in [2.24, 2.45) is 0 Å². The largest absolute Gasteiger partial charge is 0.482 e. The lowest BCUT2D eigenvalue weighted by atomic mass is 10.1. The molecule has 0 radical (unpaired) electrons. The summed E-state index contributed by atoms with van der Waals surface area (Å²) in [5.41, 5.74) is 2.45. The molecule has 0 unspecified atom stereocenters. The second-order valence-electron chi connectivity index (χ2n) is 7.49. The van der Waals surface area contributed by atoms with Crippen molar-refractivity contribution in [2.45, 2.75) is 32.6 Å². The Morgan fingerprint density at radius 1 is 0.969 bits per heavy atom. The lowest BCUT2D eigenvalue weighted by molar-refractivity contribution is -0.118. The fraction of sp³-hybridized carbons (Fsp3) is 0.318. The van der Waals surface area contributed by atoms with E-state index in [1.807, 2.05) is 0 Å². The molecule has 0 fully saturated rings. The van der Waals surface area contributed by atoms with E-state index in [9.17, 15) is 22.8 Å². The summed E-state index contributed by atoms with van der Waals surface area (Å²) in [4.78, 5) is 35.7. The highest BCUT2D eigenvalue weighted by molar-refractivity contribution is 7.89. The quantitative estimate of drug-likeness (QED) is 0.583. The maximum absolute atomic E-state index is 12.5. The third-order valence-electron chi connectivity index (χ3n) is 4.75. The summed E-state index contributed by atoms with van der Waals surface area (Å²) in [6.07, 6.45) is 0. The minimum Gasteiger partial charge on any atom is -0.482 e. The van der Waals surface area contributed by atoms with Crippen molar-refractivity contribution in [3.63, 3.8) is 0 Å². The van der Waals surface area contributed by atoms with Gasteiger partial charge in [-0.05, 0) is 62.2 Å². The molecule has 2 N–H and O–H groups in total. The second-order valence-corrected chi connectivity index (χ2v) is 9.64. The predicted molar refractivity (Wildman–Crippen MR) is 122 cm³/mol. The fourth-order valence-electron chi connectivity index (χ4n) is 2.80. The van der Waals surface area contributed by atoms with Crippen LogP contribution in [0.3, 0.4) is 0 Å². The minimum absolute atomic E-state index is 0.0592. The van der Waals surface area contributed by atoms with Gasteiger partial charge >= 0.3 is 0 Å². The molecule has 0 aromatic heterocycles. The first-order chi connectivity index (χ1) is 14.8. The van der Waals surface area contributed by atoms with Gasteiger partial charge in [-0.2, -0.15) is 0 Å². The molecule has 0 saturated carbocycles. The molecule has 0 aliphatic rings. The summed E-state index contributed by atoms with van der Waals surface area (Å²) in [7, 11) is -0.823. The molecule has 0 saturated heterocycles. The average Bonchev–Trinajstić information content (AvgIpc) is 2.69. The molecule has 9 nitrogen and oxygen atoms in total. The van der Waals surface area contributed by atoms with Gasteiger partial charge in [-0.3, -0.25) is 14.4 Å². The van der Waals surface area contributed by atoms with E-state index in [4.69, 9.17) is 4.74 Å². The normalized spacial score (nSPS) is 11.2. The SMILES string of the molecule is CC(=O)Nc1ccc(C(C)=O)cc1OCC(=O)Nc1cc(S(=O)(=O)N(C)C)cc(C)c1C. The number of Topliss-reactive ketones (excluding diaryl/α,β-unsaturated/α-hetero) is 1. The molecular formula is C22H27N3O6S. The highest BCUT2D eigenvalue weighted by Crippen LogP contribution is 2.28. The van der Waals surface area contributed by atoms with Crippen LogP contribution in [-0.4, -0.2) is 51.0 Å². The van der Waals surface area contributed by atoms with Crippen molar-refractivity contribution in [2.75, 3.05) is 31.3 Å². The number of nitrogens with one attached hydrogen (secondary N) is 2. The highest BCUT2D eigenvalue weighted by atomic mass is 32.2. The van der Waals surface area contributed by atoms with E-state index in [1.54, 1.807) is 26.0 Å². The molecule has 0 aliphatic carbocycles. The third kappa shape index (κ3) is 5.92. The maximum atomic E-state index is 12.5. The molecule has 172 valence electrons. The van der Waals surface area contributed by atoms with Crippen LogP contribution in [0.15, 0.2) is 35.2 Å². The molecule has 32 heavy (non-hydrogen) atoms. The van der Waals surface area contributed by atoms with Crippen molar-refractivity contribution >= 4 is 39.0 Å². The summed E-state index contributed by atoms with van der Waals surface area (Å²) < 4.78 is 31.6. The van der Waals surface area contributed by atoms with Gasteiger partial charge in [-0.15, -0.1) is 0 Å². The first-order valence-corrected chi connectivity index (χ1v) is 11.2. The number of carbonyl (C=O) groups excluding carboxylic acids is 3. The number of carbonyl (C=O) groups is 3. The monoisotopic (exact) mass is 461 g/mol. The first kappa shape index (κ1) is 25.0. The van der Waals surface area contributed by atoms with Gasteiger partial charge in [0.25, 0.3) is 5.91 Å². The van der Waals surface area contributed by atoms with Crippen LogP contribution in [0.1, 0.15) is 35.3 Å². The predicted octanol–water partition coefficient (Wildman–Crippen LogP) is 2.73. The topological polar surface area (TPSA) is 122 Å². The number of rotatable bonds is 8. The van der Waals surface area contributed by atoms with Gasteiger partial charge in [-0.1, -0.05) is 0 Å². The zero-order chi connectivity index (χ0) is 24.2. The Morgan fingerprint density at radius 3 is 2.19 bits per heavy atom. The van der Waals surface area contributed by atoms with Crippen LogP contribution < -0.4 is 15.4 Å². The molecule has 0 spiro atoms. The first-order valence-electron chi connectivity index (χ1n) is 9.72. The van der Waals surface area contributed by atoms with Gasteiger partial charge in [0.2, 0.25) is 15.9 Å². The number of benzene rings is 2. The molecule has 0 aliphatic heterocycles. The second kappa shape index (κ2) is 9.92. The number of anilines is 2. The molecule has 0 bridgehead atoms. The van der Waals surface area contributed by atoms with E-state index in [0.717, 1.165) is 4.31 Å². The van der Waals surface area contributed by atoms with Crippen LogP contribution in [0.25, 0.3) is 0 Å². The van der Waals surface area contributed by atoms with Gasteiger partial charge in [0, 0.05) is 32.3 Å². The van der Waals surface area contributed by atoms with Crippen LogP contribution in [0.5, 0.6) is 5.75 Å². The summed E-state index contributed by atoms with van der Waals surface area (Å²) in [5.74, 6) is -0.896. The van der Waals surface area contributed by atoms with Crippen molar-refractivity contribution < 1.29 is 27.5 Å². The molecule has 2 amide bonds. The Kier molecular flexibility index (Phi) is 7.76. The Bertz CT molecular complexity index is 1170. The number of amides is 2. The van der Waals surface area contributed by atoms with Crippen molar-refractivity contribution in [1.82, 2.24) is 4.31 Å². The Morgan fingerprint density at radius 2 is 1.62 bits per heavy atom.